The van der Waals surface area contributed by atoms with Crippen LogP contribution in [0.5, 0.6) is 0 Å². The number of furan rings is 1. The van der Waals surface area contributed by atoms with Crippen LogP contribution in [0.3, 0.4) is 0 Å². The van der Waals surface area contributed by atoms with E-state index in [0.717, 1.165) is 16.2 Å². The fourth-order valence-electron chi connectivity index (χ4n) is 3.92. The zero-order valence-corrected chi connectivity index (χ0v) is 13.7. The molecule has 1 aliphatic carbocycles. The summed E-state index contributed by atoms with van der Waals surface area (Å²) >= 11 is 6.24. The zero-order chi connectivity index (χ0) is 15.8. The van der Waals surface area contributed by atoms with Crippen molar-refractivity contribution in [3.8, 4) is 11.1 Å². The average Bonchev–Trinajstić information content (AvgIpc) is 3.00. The lowest BCUT2D eigenvalue weighted by molar-refractivity contribution is 0.658. The maximum atomic E-state index is 6.24. The van der Waals surface area contributed by atoms with E-state index in [9.17, 15) is 0 Å². The molecule has 1 aromatic heterocycles. The average molecular weight is 319 g/mol. The Labute approximate surface area is 139 Å². The standard InChI is InChI=1S/C21H15ClO/c1-21(2)17-9-12(22)7-8-13(17)15-11-20-16(10-18(15)21)14-5-3-4-6-19(14)23-20/h3-11H,1-2H3. The van der Waals surface area contributed by atoms with Gasteiger partial charge in [0.15, 0.2) is 0 Å². The topological polar surface area (TPSA) is 13.1 Å². The first-order chi connectivity index (χ1) is 11.1. The molecule has 1 aliphatic rings. The fourth-order valence-corrected chi connectivity index (χ4v) is 4.10. The van der Waals surface area contributed by atoms with Crippen molar-refractivity contribution >= 4 is 33.5 Å². The van der Waals surface area contributed by atoms with Gasteiger partial charge in [0, 0.05) is 21.2 Å². The molecule has 0 spiro atoms. The maximum absolute atomic E-state index is 6.24. The number of hydrogen-bond donors (Lipinski definition) is 0. The molecule has 0 unspecified atom stereocenters. The Morgan fingerprint density at radius 3 is 2.43 bits per heavy atom. The maximum Gasteiger partial charge on any atom is 0.136 e. The summed E-state index contributed by atoms with van der Waals surface area (Å²) < 4.78 is 6.06. The highest BCUT2D eigenvalue weighted by Gasteiger charge is 2.36. The van der Waals surface area contributed by atoms with Gasteiger partial charge in [-0.1, -0.05) is 49.7 Å². The highest BCUT2D eigenvalue weighted by atomic mass is 35.5. The van der Waals surface area contributed by atoms with Crippen molar-refractivity contribution in [3.63, 3.8) is 0 Å². The van der Waals surface area contributed by atoms with E-state index >= 15 is 0 Å². The first-order valence-corrected chi connectivity index (χ1v) is 8.20. The van der Waals surface area contributed by atoms with Gasteiger partial charge in [-0.05, 0) is 52.6 Å². The van der Waals surface area contributed by atoms with E-state index in [1.165, 1.54) is 33.0 Å². The summed E-state index contributed by atoms with van der Waals surface area (Å²) in [5.41, 5.74) is 6.99. The lowest BCUT2D eigenvalue weighted by Gasteiger charge is -2.21. The molecule has 4 aromatic rings. The van der Waals surface area contributed by atoms with Crippen molar-refractivity contribution in [1.29, 1.82) is 0 Å². The van der Waals surface area contributed by atoms with Gasteiger partial charge in [0.1, 0.15) is 11.2 Å². The van der Waals surface area contributed by atoms with Crippen LogP contribution in [-0.4, -0.2) is 0 Å². The number of para-hydroxylation sites is 1. The third kappa shape index (κ3) is 1.63. The number of fused-ring (bicyclic) bond motifs is 6. The number of rotatable bonds is 0. The van der Waals surface area contributed by atoms with Gasteiger partial charge >= 0.3 is 0 Å². The summed E-state index contributed by atoms with van der Waals surface area (Å²) in [5, 5.41) is 3.15. The van der Waals surface area contributed by atoms with Gasteiger partial charge < -0.3 is 4.42 Å². The monoisotopic (exact) mass is 318 g/mol. The van der Waals surface area contributed by atoms with E-state index in [0.29, 0.717) is 0 Å². The van der Waals surface area contributed by atoms with Gasteiger partial charge in [0.05, 0.1) is 0 Å². The molecular formula is C21H15ClO. The molecule has 112 valence electrons. The summed E-state index contributed by atoms with van der Waals surface area (Å²) in [7, 11) is 0. The van der Waals surface area contributed by atoms with E-state index in [2.05, 4.69) is 50.2 Å². The van der Waals surface area contributed by atoms with E-state index in [1.54, 1.807) is 0 Å². The minimum Gasteiger partial charge on any atom is -0.456 e. The molecule has 0 saturated heterocycles. The van der Waals surface area contributed by atoms with Gasteiger partial charge in [-0.15, -0.1) is 0 Å². The fraction of sp³-hybridized carbons (Fsp3) is 0.143. The summed E-state index contributed by atoms with van der Waals surface area (Å²) in [5.74, 6) is 0. The molecular weight excluding hydrogens is 304 g/mol. The third-order valence-corrected chi connectivity index (χ3v) is 5.37. The Hall–Kier alpha value is -2.25. The summed E-state index contributed by atoms with van der Waals surface area (Å²) in [6.07, 6.45) is 0. The minimum atomic E-state index is -0.0534. The molecule has 1 nitrogen and oxygen atoms in total. The second kappa shape index (κ2) is 4.18. The molecule has 0 amide bonds. The third-order valence-electron chi connectivity index (χ3n) is 5.14. The number of halogens is 1. The van der Waals surface area contributed by atoms with Gasteiger partial charge in [-0.3, -0.25) is 0 Å². The van der Waals surface area contributed by atoms with Crippen molar-refractivity contribution in [2.45, 2.75) is 19.3 Å². The van der Waals surface area contributed by atoms with Gasteiger partial charge in [0.2, 0.25) is 0 Å². The molecule has 0 N–H and O–H groups in total. The quantitative estimate of drug-likeness (QED) is 0.358. The highest BCUT2D eigenvalue weighted by Crippen LogP contribution is 2.51. The van der Waals surface area contributed by atoms with Crippen molar-refractivity contribution in [2.24, 2.45) is 0 Å². The van der Waals surface area contributed by atoms with Crippen LogP contribution in [0.2, 0.25) is 5.02 Å². The second-order valence-electron chi connectivity index (χ2n) is 6.81. The van der Waals surface area contributed by atoms with Crippen molar-refractivity contribution in [2.75, 3.05) is 0 Å². The molecule has 3 aromatic carbocycles. The summed E-state index contributed by atoms with van der Waals surface area (Å²) in [4.78, 5) is 0. The molecule has 0 radical (unpaired) electrons. The van der Waals surface area contributed by atoms with Crippen LogP contribution < -0.4 is 0 Å². The largest absolute Gasteiger partial charge is 0.456 e. The molecule has 2 heteroatoms. The van der Waals surface area contributed by atoms with Crippen molar-refractivity contribution < 1.29 is 4.42 Å². The van der Waals surface area contributed by atoms with Crippen LogP contribution >= 0.6 is 11.6 Å². The Bertz CT molecular complexity index is 1100. The Morgan fingerprint density at radius 2 is 1.57 bits per heavy atom. The molecule has 23 heavy (non-hydrogen) atoms. The Balaban J connectivity index is 1.92. The Morgan fingerprint density at radius 1 is 0.783 bits per heavy atom. The first kappa shape index (κ1) is 13.2. The lowest BCUT2D eigenvalue weighted by atomic mass is 9.82. The summed E-state index contributed by atoms with van der Waals surface area (Å²) in [6.45, 7) is 4.53. The molecule has 5 rings (SSSR count). The highest BCUT2D eigenvalue weighted by molar-refractivity contribution is 6.30. The van der Waals surface area contributed by atoms with Crippen molar-refractivity contribution in [3.05, 3.63) is 70.7 Å². The molecule has 1 heterocycles. The number of benzene rings is 3. The molecule has 0 bridgehead atoms. The minimum absolute atomic E-state index is 0.0534. The Kier molecular flexibility index (Phi) is 2.40. The molecule has 0 aliphatic heterocycles. The predicted octanol–water partition coefficient (Wildman–Crippen LogP) is 6.55. The predicted molar refractivity (Wildman–Crippen MR) is 96.3 cm³/mol. The van der Waals surface area contributed by atoms with Crippen LogP contribution in [0.4, 0.5) is 0 Å². The molecule has 0 saturated carbocycles. The second-order valence-corrected chi connectivity index (χ2v) is 7.24. The van der Waals surface area contributed by atoms with E-state index in [1.807, 2.05) is 18.2 Å². The molecule has 0 atom stereocenters. The summed E-state index contributed by atoms with van der Waals surface area (Å²) in [6, 6.07) is 18.9. The van der Waals surface area contributed by atoms with Crippen LogP contribution in [0.15, 0.2) is 59.0 Å². The van der Waals surface area contributed by atoms with Gasteiger partial charge in [-0.2, -0.15) is 0 Å². The van der Waals surface area contributed by atoms with Gasteiger partial charge in [0.25, 0.3) is 0 Å². The first-order valence-electron chi connectivity index (χ1n) is 7.82. The van der Waals surface area contributed by atoms with Crippen LogP contribution in [-0.2, 0) is 5.41 Å². The van der Waals surface area contributed by atoms with E-state index in [4.69, 9.17) is 16.0 Å². The van der Waals surface area contributed by atoms with Crippen LogP contribution in [0.1, 0.15) is 25.0 Å². The SMILES string of the molecule is CC1(C)c2cc(Cl)ccc2-c2cc3oc4ccccc4c3cc21. The number of hydrogen-bond acceptors (Lipinski definition) is 1. The molecule has 0 fully saturated rings. The lowest BCUT2D eigenvalue weighted by Crippen LogP contribution is -2.14. The van der Waals surface area contributed by atoms with Crippen LogP contribution in [0.25, 0.3) is 33.1 Å². The van der Waals surface area contributed by atoms with Gasteiger partial charge in [-0.25, -0.2) is 0 Å². The van der Waals surface area contributed by atoms with E-state index < -0.39 is 0 Å². The normalized spacial score (nSPS) is 15.1. The smallest absolute Gasteiger partial charge is 0.136 e. The van der Waals surface area contributed by atoms with Crippen molar-refractivity contribution in [1.82, 2.24) is 0 Å². The van der Waals surface area contributed by atoms with Crippen LogP contribution in [0, 0.1) is 0 Å². The van der Waals surface area contributed by atoms with E-state index in [-0.39, 0.29) is 5.41 Å². The zero-order valence-electron chi connectivity index (χ0n) is 13.0.